The zero-order valence-electron chi connectivity index (χ0n) is 14.0. The topological polar surface area (TPSA) is 111 Å². The van der Waals surface area contributed by atoms with Gasteiger partial charge < -0.3 is 14.8 Å². The van der Waals surface area contributed by atoms with Gasteiger partial charge in [-0.3, -0.25) is 4.79 Å². The van der Waals surface area contributed by atoms with Gasteiger partial charge in [-0.15, -0.1) is 0 Å². The Balaban J connectivity index is 1.94. The molecule has 0 fully saturated rings. The predicted molar refractivity (Wildman–Crippen MR) is 92.8 cm³/mol. The first-order chi connectivity index (χ1) is 12.3. The normalized spacial score (nSPS) is 13.2. The number of ether oxygens (including phenoxy) is 2. The van der Waals surface area contributed by atoms with Crippen molar-refractivity contribution in [2.75, 3.05) is 11.9 Å². The molecule has 1 aliphatic heterocycles. The minimum absolute atomic E-state index is 0.00675. The average Bonchev–Trinajstić information content (AvgIpc) is 2.56. The molecule has 26 heavy (non-hydrogen) atoms. The van der Waals surface area contributed by atoms with Crippen LogP contribution in [-0.2, 0) is 14.8 Å². The van der Waals surface area contributed by atoms with Crippen molar-refractivity contribution < 1.29 is 27.5 Å². The maximum absolute atomic E-state index is 12.8. The highest BCUT2D eigenvalue weighted by molar-refractivity contribution is 7.90. The van der Waals surface area contributed by atoms with Crippen molar-refractivity contribution >= 4 is 27.7 Å². The van der Waals surface area contributed by atoms with Crippen LogP contribution in [0.15, 0.2) is 41.3 Å². The van der Waals surface area contributed by atoms with Gasteiger partial charge in [0.25, 0.3) is 15.9 Å². The first-order valence-electron chi connectivity index (χ1n) is 7.64. The van der Waals surface area contributed by atoms with E-state index in [0.717, 1.165) is 0 Å². The Morgan fingerprint density at radius 2 is 1.92 bits per heavy atom. The van der Waals surface area contributed by atoms with Gasteiger partial charge in [-0.25, -0.2) is 17.9 Å². The van der Waals surface area contributed by atoms with Crippen LogP contribution < -0.4 is 19.5 Å². The van der Waals surface area contributed by atoms with E-state index in [1.54, 1.807) is 38.1 Å². The highest BCUT2D eigenvalue weighted by Crippen LogP contribution is 2.38. The van der Waals surface area contributed by atoms with Crippen LogP contribution in [0.1, 0.15) is 11.1 Å². The van der Waals surface area contributed by atoms with Crippen molar-refractivity contribution in [2.45, 2.75) is 18.7 Å². The Hall–Kier alpha value is -3.07. The van der Waals surface area contributed by atoms with Crippen LogP contribution in [0.2, 0.25) is 0 Å². The number of amides is 2. The van der Waals surface area contributed by atoms with Gasteiger partial charge in [0, 0.05) is 0 Å². The number of anilines is 1. The van der Waals surface area contributed by atoms with Crippen molar-refractivity contribution in [3.8, 4) is 11.5 Å². The van der Waals surface area contributed by atoms with Gasteiger partial charge in [0.2, 0.25) is 0 Å². The quantitative estimate of drug-likeness (QED) is 0.849. The molecule has 2 amide bonds. The minimum atomic E-state index is -4.29. The van der Waals surface area contributed by atoms with Crippen molar-refractivity contribution in [3.63, 3.8) is 0 Å². The number of carbonyl (C=O) groups excluding carboxylic acids is 2. The molecule has 9 heteroatoms. The van der Waals surface area contributed by atoms with E-state index < -0.39 is 16.1 Å². The minimum Gasteiger partial charge on any atom is -0.480 e. The highest BCUT2D eigenvalue weighted by Gasteiger charge is 2.31. The molecular formula is C17H16N2O6S. The summed E-state index contributed by atoms with van der Waals surface area (Å²) in [7, 11) is -4.29. The summed E-state index contributed by atoms with van der Waals surface area (Å²) in [6.45, 7) is 2.97. The molecule has 0 atom stereocenters. The number of aryl methyl sites for hydroxylation is 1. The van der Waals surface area contributed by atoms with E-state index in [4.69, 9.17) is 9.47 Å². The molecule has 2 N–H and O–H groups in total. The molecule has 3 rings (SSSR count). The summed E-state index contributed by atoms with van der Waals surface area (Å²) in [5.41, 5.74) is 1.26. The van der Waals surface area contributed by atoms with Crippen molar-refractivity contribution in [1.29, 1.82) is 0 Å². The summed E-state index contributed by atoms with van der Waals surface area (Å²) in [5, 5.41) is 2.56. The number of hydrogen-bond acceptors (Lipinski definition) is 6. The Labute approximate surface area is 150 Å². The smallest absolute Gasteiger partial charge is 0.426 e. The second kappa shape index (κ2) is 6.68. The fraction of sp³-hybridized carbons (Fsp3) is 0.176. The number of sulfonamides is 1. The SMILES string of the molecule is Cc1cc2c(c(S(=O)(=O)NC(=O)Oc3ccccc3)c1C)OCC(=O)N2. The lowest BCUT2D eigenvalue weighted by Gasteiger charge is -2.23. The second-order valence-corrected chi connectivity index (χ2v) is 7.29. The van der Waals surface area contributed by atoms with E-state index in [9.17, 15) is 18.0 Å². The Morgan fingerprint density at radius 1 is 1.23 bits per heavy atom. The third kappa shape index (κ3) is 3.47. The van der Waals surface area contributed by atoms with Gasteiger partial charge in [0.1, 0.15) is 10.6 Å². The van der Waals surface area contributed by atoms with Gasteiger partial charge in [0.15, 0.2) is 12.4 Å². The Bertz CT molecular complexity index is 986. The molecule has 1 heterocycles. The third-order valence-corrected chi connectivity index (χ3v) is 5.27. The molecule has 0 bridgehead atoms. The molecule has 0 unspecified atom stereocenters. The third-order valence-electron chi connectivity index (χ3n) is 3.81. The largest absolute Gasteiger partial charge is 0.480 e. The zero-order valence-corrected chi connectivity index (χ0v) is 14.8. The lowest BCUT2D eigenvalue weighted by atomic mass is 10.1. The summed E-state index contributed by atoms with van der Waals surface area (Å²) in [4.78, 5) is 23.3. The number of para-hydroxylation sites is 1. The molecule has 2 aromatic rings. The summed E-state index contributed by atoms with van der Waals surface area (Å²) in [6.07, 6.45) is -1.15. The number of rotatable bonds is 3. The van der Waals surface area contributed by atoms with Crippen LogP contribution in [0, 0.1) is 13.8 Å². The molecule has 0 saturated heterocycles. The number of fused-ring (bicyclic) bond motifs is 1. The van der Waals surface area contributed by atoms with Crippen LogP contribution in [0.5, 0.6) is 11.5 Å². The Morgan fingerprint density at radius 3 is 2.62 bits per heavy atom. The monoisotopic (exact) mass is 376 g/mol. The molecule has 136 valence electrons. The van der Waals surface area contributed by atoms with Crippen molar-refractivity contribution in [2.24, 2.45) is 0 Å². The molecule has 8 nitrogen and oxygen atoms in total. The zero-order chi connectivity index (χ0) is 18.9. The molecule has 0 saturated carbocycles. The molecule has 0 aromatic heterocycles. The van der Waals surface area contributed by atoms with Gasteiger partial charge in [-0.1, -0.05) is 18.2 Å². The molecule has 0 radical (unpaired) electrons. The highest BCUT2D eigenvalue weighted by atomic mass is 32.2. The van der Waals surface area contributed by atoms with E-state index in [2.05, 4.69) is 5.32 Å². The summed E-state index contributed by atoms with van der Waals surface area (Å²) >= 11 is 0. The van der Waals surface area contributed by atoms with E-state index in [-0.39, 0.29) is 34.6 Å². The van der Waals surface area contributed by atoms with E-state index >= 15 is 0 Å². The first-order valence-corrected chi connectivity index (χ1v) is 9.13. The summed E-state index contributed by atoms with van der Waals surface area (Å²) in [5.74, 6) is -0.194. The Kier molecular flexibility index (Phi) is 4.56. The van der Waals surface area contributed by atoms with Crippen LogP contribution >= 0.6 is 0 Å². The van der Waals surface area contributed by atoms with Gasteiger partial charge in [-0.2, -0.15) is 0 Å². The number of carbonyl (C=O) groups is 2. The fourth-order valence-electron chi connectivity index (χ4n) is 2.52. The lowest BCUT2D eigenvalue weighted by Crippen LogP contribution is -2.35. The second-order valence-electron chi connectivity index (χ2n) is 5.67. The molecule has 0 spiro atoms. The summed E-state index contributed by atoms with van der Waals surface area (Å²) < 4.78 is 37.6. The maximum Gasteiger partial charge on any atom is 0.426 e. The average molecular weight is 376 g/mol. The first kappa shape index (κ1) is 17.7. The molecule has 1 aliphatic rings. The van der Waals surface area contributed by atoms with Gasteiger partial charge >= 0.3 is 6.09 Å². The van der Waals surface area contributed by atoms with Crippen LogP contribution in [0.25, 0.3) is 0 Å². The lowest BCUT2D eigenvalue weighted by molar-refractivity contribution is -0.118. The summed E-state index contributed by atoms with van der Waals surface area (Å²) in [6, 6.07) is 9.68. The maximum atomic E-state index is 12.8. The van der Waals surface area contributed by atoms with Crippen LogP contribution in [0.3, 0.4) is 0 Å². The van der Waals surface area contributed by atoms with E-state index in [1.807, 2.05) is 4.72 Å². The van der Waals surface area contributed by atoms with Gasteiger partial charge in [-0.05, 0) is 43.2 Å². The number of benzene rings is 2. The fourth-order valence-corrected chi connectivity index (χ4v) is 3.86. The van der Waals surface area contributed by atoms with E-state index in [1.165, 1.54) is 12.1 Å². The van der Waals surface area contributed by atoms with E-state index in [0.29, 0.717) is 11.1 Å². The van der Waals surface area contributed by atoms with Crippen molar-refractivity contribution in [3.05, 3.63) is 47.5 Å². The standard InChI is InChI=1S/C17H16N2O6S/c1-10-8-13-15(24-9-14(20)18-13)16(11(10)2)26(22,23)19-17(21)25-12-6-4-3-5-7-12/h3-8H,9H2,1-2H3,(H,18,20)(H,19,21). The van der Waals surface area contributed by atoms with Crippen LogP contribution in [-0.4, -0.2) is 27.0 Å². The van der Waals surface area contributed by atoms with Crippen LogP contribution in [0.4, 0.5) is 10.5 Å². The predicted octanol–water partition coefficient (Wildman–Crippen LogP) is 2.11. The molecular weight excluding hydrogens is 360 g/mol. The number of hydrogen-bond donors (Lipinski definition) is 2. The molecule has 2 aromatic carbocycles. The van der Waals surface area contributed by atoms with Gasteiger partial charge in [0.05, 0.1) is 5.69 Å². The molecule has 0 aliphatic carbocycles. The van der Waals surface area contributed by atoms with Crippen molar-refractivity contribution in [1.82, 2.24) is 4.72 Å². The number of nitrogens with one attached hydrogen (secondary N) is 2.